The fourth-order valence-electron chi connectivity index (χ4n) is 2.93. The molecule has 0 aliphatic carbocycles. The van der Waals surface area contributed by atoms with Gasteiger partial charge < -0.3 is 19.9 Å². The van der Waals surface area contributed by atoms with Gasteiger partial charge in [0.05, 0.1) is 13.1 Å². The largest absolute Gasteiger partial charge is 0.489 e. The molecule has 0 saturated carbocycles. The van der Waals surface area contributed by atoms with Crippen molar-refractivity contribution in [2.45, 2.75) is 39.4 Å². The van der Waals surface area contributed by atoms with E-state index in [0.717, 1.165) is 54.9 Å². The molecule has 7 heteroatoms. The first-order valence-electron chi connectivity index (χ1n) is 9.06. The van der Waals surface area contributed by atoms with Crippen LogP contribution in [0.3, 0.4) is 0 Å². The second-order valence-corrected chi connectivity index (χ2v) is 6.04. The van der Waals surface area contributed by atoms with Crippen LogP contribution in [0.25, 0.3) is 0 Å². The third kappa shape index (κ3) is 4.41. The molecule has 0 radical (unpaired) electrons. The van der Waals surface area contributed by atoms with Crippen LogP contribution in [0.5, 0.6) is 5.75 Å². The average Bonchev–Trinajstić information content (AvgIpc) is 3.27. The topological polar surface area (TPSA) is 76.4 Å². The van der Waals surface area contributed by atoms with E-state index in [0.29, 0.717) is 19.7 Å². The van der Waals surface area contributed by atoms with Gasteiger partial charge in [0.1, 0.15) is 18.2 Å². The lowest BCUT2D eigenvalue weighted by molar-refractivity contribution is 0.359. The molecule has 0 spiro atoms. The first-order chi connectivity index (χ1) is 12.8. The molecule has 7 nitrogen and oxygen atoms in total. The molecule has 1 aliphatic rings. The van der Waals surface area contributed by atoms with Crippen molar-refractivity contribution in [1.82, 2.24) is 25.4 Å². The van der Waals surface area contributed by atoms with E-state index in [1.54, 1.807) is 6.08 Å². The maximum absolute atomic E-state index is 5.70. The quantitative estimate of drug-likeness (QED) is 0.431. The van der Waals surface area contributed by atoms with Crippen molar-refractivity contribution in [3.8, 4) is 5.75 Å². The van der Waals surface area contributed by atoms with Gasteiger partial charge in [-0.25, -0.2) is 4.99 Å². The highest BCUT2D eigenvalue weighted by Gasteiger charge is 2.17. The van der Waals surface area contributed by atoms with Crippen molar-refractivity contribution >= 4 is 5.96 Å². The van der Waals surface area contributed by atoms with Gasteiger partial charge in [-0.15, -0.1) is 10.2 Å². The van der Waals surface area contributed by atoms with Crippen molar-refractivity contribution < 1.29 is 4.74 Å². The van der Waals surface area contributed by atoms with Gasteiger partial charge in [-0.2, -0.15) is 0 Å². The van der Waals surface area contributed by atoms with Gasteiger partial charge in [0, 0.05) is 25.1 Å². The average molecular weight is 354 g/mol. The fourth-order valence-corrected chi connectivity index (χ4v) is 2.93. The summed E-state index contributed by atoms with van der Waals surface area (Å²) >= 11 is 0. The number of fused-ring (bicyclic) bond motifs is 1. The standard InChI is InChI=1S/C19H26N6O/c1-3-12-26-16-9-6-5-8-15(16)13-21-19(20-4-2)22-14-18-24-23-17-10-7-11-25(17)18/h3,5-6,8-9H,1,4,7,10-14H2,2H3,(H2,20,21,22). The summed E-state index contributed by atoms with van der Waals surface area (Å²) in [6.45, 7) is 9.15. The zero-order valence-corrected chi connectivity index (χ0v) is 15.2. The summed E-state index contributed by atoms with van der Waals surface area (Å²) < 4.78 is 7.89. The molecule has 26 heavy (non-hydrogen) atoms. The molecule has 2 heterocycles. The van der Waals surface area contributed by atoms with Gasteiger partial charge in [0.2, 0.25) is 0 Å². The van der Waals surface area contributed by atoms with Crippen LogP contribution in [0.4, 0.5) is 0 Å². The Balaban J connectivity index is 1.64. The van der Waals surface area contributed by atoms with Crippen molar-refractivity contribution in [2.24, 2.45) is 4.99 Å². The van der Waals surface area contributed by atoms with Gasteiger partial charge in [-0.1, -0.05) is 30.9 Å². The zero-order chi connectivity index (χ0) is 18.2. The summed E-state index contributed by atoms with van der Waals surface area (Å²) in [5.74, 6) is 3.62. The number of hydrogen-bond acceptors (Lipinski definition) is 4. The molecule has 138 valence electrons. The minimum absolute atomic E-state index is 0.483. The van der Waals surface area contributed by atoms with Crippen molar-refractivity contribution in [3.63, 3.8) is 0 Å². The predicted octanol–water partition coefficient (Wildman–Crippen LogP) is 2.04. The SMILES string of the molecule is C=CCOc1ccccc1CN=C(NCC)NCc1nnc2n1CCC2. The Kier molecular flexibility index (Phi) is 6.24. The number of rotatable bonds is 8. The lowest BCUT2D eigenvalue weighted by Crippen LogP contribution is -2.37. The second-order valence-electron chi connectivity index (χ2n) is 6.04. The smallest absolute Gasteiger partial charge is 0.191 e. The first kappa shape index (κ1) is 18.0. The molecular formula is C19H26N6O. The second kappa shape index (κ2) is 9.03. The molecular weight excluding hydrogens is 328 g/mol. The summed E-state index contributed by atoms with van der Waals surface area (Å²) in [6, 6.07) is 7.93. The van der Waals surface area contributed by atoms with Gasteiger partial charge in [0.25, 0.3) is 0 Å². The highest BCUT2D eigenvalue weighted by molar-refractivity contribution is 5.79. The van der Waals surface area contributed by atoms with Crippen molar-refractivity contribution in [1.29, 1.82) is 0 Å². The number of guanidine groups is 1. The number of para-hydroxylation sites is 1. The van der Waals surface area contributed by atoms with Crippen LogP contribution in [0, 0.1) is 0 Å². The van der Waals surface area contributed by atoms with Gasteiger partial charge >= 0.3 is 0 Å². The Hall–Kier alpha value is -2.83. The van der Waals surface area contributed by atoms with E-state index < -0.39 is 0 Å². The third-order valence-corrected chi connectivity index (χ3v) is 4.18. The minimum atomic E-state index is 0.483. The molecule has 0 bridgehead atoms. The van der Waals surface area contributed by atoms with E-state index >= 15 is 0 Å². The zero-order valence-electron chi connectivity index (χ0n) is 15.2. The molecule has 0 fully saturated rings. The number of ether oxygens (including phenoxy) is 1. The first-order valence-corrected chi connectivity index (χ1v) is 9.06. The molecule has 0 saturated heterocycles. The normalized spacial score (nSPS) is 13.3. The van der Waals surface area contributed by atoms with E-state index in [1.807, 2.05) is 31.2 Å². The van der Waals surface area contributed by atoms with Crippen LogP contribution in [0.15, 0.2) is 41.9 Å². The Morgan fingerprint density at radius 2 is 2.23 bits per heavy atom. The molecule has 2 aromatic rings. The fraction of sp³-hybridized carbons (Fsp3) is 0.421. The van der Waals surface area contributed by atoms with E-state index in [-0.39, 0.29) is 0 Å². The number of aromatic nitrogens is 3. The van der Waals surface area contributed by atoms with E-state index in [2.05, 4.69) is 37.0 Å². The molecule has 0 unspecified atom stereocenters. The van der Waals surface area contributed by atoms with E-state index in [9.17, 15) is 0 Å². The van der Waals surface area contributed by atoms with Crippen LogP contribution in [0.1, 0.15) is 30.6 Å². The van der Waals surface area contributed by atoms with Crippen LogP contribution in [-0.4, -0.2) is 33.9 Å². The summed E-state index contributed by atoms with van der Waals surface area (Å²) in [7, 11) is 0. The Morgan fingerprint density at radius 1 is 1.35 bits per heavy atom. The number of aliphatic imine (C=N–C) groups is 1. The minimum Gasteiger partial charge on any atom is -0.489 e. The number of aryl methyl sites for hydroxylation is 1. The van der Waals surface area contributed by atoms with Crippen molar-refractivity contribution in [2.75, 3.05) is 13.2 Å². The summed E-state index contributed by atoms with van der Waals surface area (Å²) in [5, 5.41) is 15.1. The molecule has 0 atom stereocenters. The molecule has 2 N–H and O–H groups in total. The molecule has 1 aromatic heterocycles. The highest BCUT2D eigenvalue weighted by atomic mass is 16.5. The Labute approximate surface area is 154 Å². The Morgan fingerprint density at radius 3 is 3.08 bits per heavy atom. The Bertz CT molecular complexity index is 767. The predicted molar refractivity (Wildman–Crippen MR) is 102 cm³/mol. The number of benzene rings is 1. The number of nitrogens with one attached hydrogen (secondary N) is 2. The molecule has 1 aliphatic heterocycles. The molecule has 1 aromatic carbocycles. The monoisotopic (exact) mass is 354 g/mol. The maximum atomic E-state index is 5.70. The summed E-state index contributed by atoms with van der Waals surface area (Å²) in [6.07, 6.45) is 3.90. The van der Waals surface area contributed by atoms with Gasteiger partial charge in [0.15, 0.2) is 11.8 Å². The maximum Gasteiger partial charge on any atom is 0.191 e. The number of hydrogen-bond donors (Lipinski definition) is 2. The lowest BCUT2D eigenvalue weighted by atomic mass is 10.2. The summed E-state index contributed by atoms with van der Waals surface area (Å²) in [4.78, 5) is 4.68. The van der Waals surface area contributed by atoms with Crippen LogP contribution >= 0.6 is 0 Å². The van der Waals surface area contributed by atoms with E-state index in [1.165, 1.54) is 0 Å². The molecule has 0 amide bonds. The van der Waals surface area contributed by atoms with Gasteiger partial charge in [-0.3, -0.25) is 0 Å². The van der Waals surface area contributed by atoms with Crippen LogP contribution < -0.4 is 15.4 Å². The lowest BCUT2D eigenvalue weighted by Gasteiger charge is -2.12. The van der Waals surface area contributed by atoms with Crippen LogP contribution in [0.2, 0.25) is 0 Å². The van der Waals surface area contributed by atoms with Crippen molar-refractivity contribution in [3.05, 3.63) is 54.1 Å². The summed E-state index contributed by atoms with van der Waals surface area (Å²) in [5.41, 5.74) is 1.04. The van der Waals surface area contributed by atoms with Gasteiger partial charge in [-0.05, 0) is 19.4 Å². The third-order valence-electron chi connectivity index (χ3n) is 4.18. The molecule has 3 rings (SSSR count). The number of nitrogens with zero attached hydrogens (tertiary/aromatic N) is 4. The van der Waals surface area contributed by atoms with Crippen LogP contribution in [-0.2, 0) is 26.1 Å². The highest BCUT2D eigenvalue weighted by Crippen LogP contribution is 2.19. The van der Waals surface area contributed by atoms with E-state index in [4.69, 9.17) is 4.74 Å².